The largest absolute Gasteiger partial charge is 0.346 e. The lowest BCUT2D eigenvalue weighted by Gasteiger charge is -2.22. The molecule has 3 aromatic rings. The number of nitrogens with one attached hydrogen (secondary N) is 1. The van der Waals surface area contributed by atoms with Gasteiger partial charge in [-0.1, -0.05) is 18.9 Å². The normalized spacial score (nSPS) is 16.9. The molecule has 3 aromatic heterocycles. The summed E-state index contributed by atoms with van der Waals surface area (Å²) in [7, 11) is 0. The van der Waals surface area contributed by atoms with E-state index in [1.807, 2.05) is 24.5 Å². The fourth-order valence-electron chi connectivity index (χ4n) is 3.77. The first-order valence-corrected chi connectivity index (χ1v) is 8.30. The van der Waals surface area contributed by atoms with Crippen molar-refractivity contribution in [3.8, 4) is 11.3 Å². The standard InChI is InChI=1S/C18H21N5/c1-2-5-16(13-6-3-4-7-13)23-11-14(10-22-23)17-15-8-9-19-18(15)21-12-20-17/h2,8-13,16H,1,3-7H2,(H,19,20,21). The van der Waals surface area contributed by atoms with Crippen LogP contribution < -0.4 is 0 Å². The van der Waals surface area contributed by atoms with Crippen molar-refractivity contribution in [2.75, 3.05) is 0 Å². The third-order valence-electron chi connectivity index (χ3n) is 4.92. The van der Waals surface area contributed by atoms with Crippen LogP contribution in [0.15, 0.2) is 43.6 Å². The molecule has 0 spiro atoms. The van der Waals surface area contributed by atoms with Crippen LogP contribution in [-0.2, 0) is 0 Å². The Morgan fingerprint density at radius 3 is 3.04 bits per heavy atom. The minimum Gasteiger partial charge on any atom is -0.346 e. The second-order valence-corrected chi connectivity index (χ2v) is 6.31. The van der Waals surface area contributed by atoms with Crippen molar-refractivity contribution >= 4 is 11.0 Å². The molecular formula is C18H21N5. The number of rotatable bonds is 5. The predicted octanol–water partition coefficient (Wildman–Crippen LogP) is 4.13. The molecule has 0 amide bonds. The molecule has 0 aliphatic heterocycles. The molecule has 23 heavy (non-hydrogen) atoms. The summed E-state index contributed by atoms with van der Waals surface area (Å²) in [6.45, 7) is 3.93. The molecule has 1 aliphatic carbocycles. The van der Waals surface area contributed by atoms with Gasteiger partial charge in [-0.3, -0.25) is 4.68 Å². The van der Waals surface area contributed by atoms with Crippen molar-refractivity contribution in [2.45, 2.75) is 38.1 Å². The monoisotopic (exact) mass is 307 g/mol. The molecule has 0 aromatic carbocycles. The molecule has 0 saturated heterocycles. The molecule has 3 heterocycles. The number of aromatic nitrogens is 5. The van der Waals surface area contributed by atoms with E-state index in [-0.39, 0.29) is 0 Å². The Morgan fingerprint density at radius 2 is 2.22 bits per heavy atom. The molecule has 1 N–H and O–H groups in total. The van der Waals surface area contributed by atoms with E-state index in [4.69, 9.17) is 0 Å². The Bertz CT molecular complexity index is 810. The quantitative estimate of drug-likeness (QED) is 0.721. The van der Waals surface area contributed by atoms with Gasteiger partial charge in [0.25, 0.3) is 0 Å². The Kier molecular flexibility index (Phi) is 3.69. The lowest BCUT2D eigenvalue weighted by molar-refractivity contribution is 0.312. The number of H-pyrrole nitrogens is 1. The van der Waals surface area contributed by atoms with Gasteiger partial charge in [-0.15, -0.1) is 6.58 Å². The van der Waals surface area contributed by atoms with Crippen LogP contribution in [0.5, 0.6) is 0 Å². The molecule has 1 aliphatic rings. The van der Waals surface area contributed by atoms with Gasteiger partial charge in [0.2, 0.25) is 0 Å². The van der Waals surface area contributed by atoms with Crippen LogP contribution in [0.1, 0.15) is 38.1 Å². The van der Waals surface area contributed by atoms with Crippen LogP contribution >= 0.6 is 0 Å². The zero-order chi connectivity index (χ0) is 15.6. The highest BCUT2D eigenvalue weighted by atomic mass is 15.3. The van der Waals surface area contributed by atoms with Crippen molar-refractivity contribution in [3.05, 3.63) is 43.6 Å². The van der Waals surface area contributed by atoms with Crippen LogP contribution in [0.3, 0.4) is 0 Å². The van der Waals surface area contributed by atoms with Gasteiger partial charge in [0.15, 0.2) is 0 Å². The Balaban J connectivity index is 1.70. The van der Waals surface area contributed by atoms with Crippen LogP contribution in [0, 0.1) is 5.92 Å². The Morgan fingerprint density at radius 1 is 1.35 bits per heavy atom. The first kappa shape index (κ1) is 14.2. The number of aromatic amines is 1. The van der Waals surface area contributed by atoms with E-state index < -0.39 is 0 Å². The van der Waals surface area contributed by atoms with E-state index in [0.29, 0.717) is 12.0 Å². The van der Waals surface area contributed by atoms with Gasteiger partial charge in [0.1, 0.15) is 12.0 Å². The van der Waals surface area contributed by atoms with E-state index in [1.54, 1.807) is 6.33 Å². The third-order valence-corrected chi connectivity index (χ3v) is 4.92. The average molecular weight is 307 g/mol. The topological polar surface area (TPSA) is 59.4 Å². The van der Waals surface area contributed by atoms with Crippen molar-refractivity contribution in [2.24, 2.45) is 5.92 Å². The zero-order valence-corrected chi connectivity index (χ0v) is 13.2. The fourth-order valence-corrected chi connectivity index (χ4v) is 3.77. The Hall–Kier alpha value is -2.43. The summed E-state index contributed by atoms with van der Waals surface area (Å²) in [4.78, 5) is 11.8. The zero-order valence-electron chi connectivity index (χ0n) is 13.2. The van der Waals surface area contributed by atoms with Crippen molar-refractivity contribution in [1.82, 2.24) is 24.7 Å². The van der Waals surface area contributed by atoms with Crippen LogP contribution in [-0.4, -0.2) is 24.7 Å². The van der Waals surface area contributed by atoms with Gasteiger partial charge in [-0.25, -0.2) is 9.97 Å². The number of hydrogen-bond acceptors (Lipinski definition) is 3. The summed E-state index contributed by atoms with van der Waals surface area (Å²) in [5, 5.41) is 5.68. The molecule has 1 fully saturated rings. The molecule has 5 nitrogen and oxygen atoms in total. The van der Waals surface area contributed by atoms with Crippen LogP contribution in [0.4, 0.5) is 0 Å². The highest BCUT2D eigenvalue weighted by molar-refractivity contribution is 5.89. The molecule has 0 bridgehead atoms. The predicted molar refractivity (Wildman–Crippen MR) is 90.9 cm³/mol. The molecular weight excluding hydrogens is 286 g/mol. The summed E-state index contributed by atoms with van der Waals surface area (Å²) in [6, 6.07) is 2.42. The summed E-state index contributed by atoms with van der Waals surface area (Å²) in [6.07, 6.45) is 15.8. The van der Waals surface area contributed by atoms with Crippen molar-refractivity contribution in [1.29, 1.82) is 0 Å². The molecule has 5 heteroatoms. The molecule has 1 unspecified atom stereocenters. The third kappa shape index (κ3) is 2.56. The van der Waals surface area contributed by atoms with Crippen molar-refractivity contribution < 1.29 is 0 Å². The maximum absolute atomic E-state index is 4.65. The number of allylic oxidation sites excluding steroid dienone is 1. The van der Waals surface area contributed by atoms with E-state index in [9.17, 15) is 0 Å². The van der Waals surface area contributed by atoms with E-state index in [1.165, 1.54) is 25.7 Å². The second-order valence-electron chi connectivity index (χ2n) is 6.31. The highest BCUT2D eigenvalue weighted by Gasteiger charge is 2.26. The SMILES string of the molecule is C=CCC(C1CCCC1)n1cc(-c2ncnc3[nH]ccc23)cn1. The van der Waals surface area contributed by atoms with E-state index in [0.717, 1.165) is 28.7 Å². The first-order chi connectivity index (χ1) is 11.4. The van der Waals surface area contributed by atoms with Gasteiger partial charge >= 0.3 is 0 Å². The second kappa shape index (κ2) is 5.99. The highest BCUT2D eigenvalue weighted by Crippen LogP contribution is 2.37. The van der Waals surface area contributed by atoms with Gasteiger partial charge in [0, 0.05) is 23.3 Å². The minimum atomic E-state index is 0.410. The minimum absolute atomic E-state index is 0.410. The van der Waals surface area contributed by atoms with Gasteiger partial charge < -0.3 is 4.98 Å². The maximum atomic E-state index is 4.65. The maximum Gasteiger partial charge on any atom is 0.141 e. The van der Waals surface area contributed by atoms with E-state index in [2.05, 4.69) is 37.5 Å². The lowest BCUT2D eigenvalue weighted by atomic mass is 9.95. The number of fused-ring (bicyclic) bond motifs is 1. The Labute approximate surface area is 135 Å². The summed E-state index contributed by atoms with van der Waals surface area (Å²) in [5.41, 5.74) is 2.84. The first-order valence-electron chi connectivity index (χ1n) is 8.30. The van der Waals surface area contributed by atoms with Crippen molar-refractivity contribution in [3.63, 3.8) is 0 Å². The van der Waals surface area contributed by atoms with E-state index >= 15 is 0 Å². The van der Waals surface area contributed by atoms with Gasteiger partial charge in [0.05, 0.1) is 17.9 Å². The summed E-state index contributed by atoms with van der Waals surface area (Å²) in [5.74, 6) is 0.707. The van der Waals surface area contributed by atoms with Crippen LogP contribution in [0.2, 0.25) is 0 Å². The number of nitrogens with zero attached hydrogens (tertiary/aromatic N) is 4. The molecule has 4 rings (SSSR count). The molecule has 118 valence electrons. The smallest absolute Gasteiger partial charge is 0.141 e. The fraction of sp³-hybridized carbons (Fsp3) is 0.389. The molecule has 1 saturated carbocycles. The molecule has 0 radical (unpaired) electrons. The van der Waals surface area contributed by atoms with Crippen LogP contribution in [0.25, 0.3) is 22.3 Å². The lowest BCUT2D eigenvalue weighted by Crippen LogP contribution is -2.17. The molecule has 1 atom stereocenters. The average Bonchev–Trinajstić information content (AvgIpc) is 3.32. The van der Waals surface area contributed by atoms with Gasteiger partial charge in [-0.05, 0) is 31.2 Å². The summed E-state index contributed by atoms with van der Waals surface area (Å²) >= 11 is 0. The summed E-state index contributed by atoms with van der Waals surface area (Å²) < 4.78 is 2.12. The number of hydrogen-bond donors (Lipinski definition) is 1. The van der Waals surface area contributed by atoms with Gasteiger partial charge in [-0.2, -0.15) is 5.10 Å².